The first-order chi connectivity index (χ1) is 11.4. The molecule has 4 heteroatoms. The Balaban J connectivity index is 1.77. The predicted molar refractivity (Wildman–Crippen MR) is 94.2 cm³/mol. The van der Waals surface area contributed by atoms with Crippen molar-refractivity contribution in [3.63, 3.8) is 0 Å². The zero-order valence-electron chi connectivity index (χ0n) is 15.2. The highest BCUT2D eigenvalue weighted by molar-refractivity contribution is 5.69. The van der Waals surface area contributed by atoms with Gasteiger partial charge < -0.3 is 9.84 Å². The Bertz CT molecular complexity index is 517. The molecule has 0 bridgehead atoms. The lowest BCUT2D eigenvalue weighted by atomic mass is 9.65. The molecule has 1 N–H and O–H groups in total. The predicted octanol–water partition coefficient (Wildman–Crippen LogP) is 4.12. The second-order valence-corrected chi connectivity index (χ2v) is 7.68. The van der Waals surface area contributed by atoms with Gasteiger partial charge in [0.1, 0.15) is 6.61 Å². The Labute approximate surface area is 145 Å². The molecule has 0 saturated heterocycles. The molecule has 1 aromatic rings. The number of esters is 1. The lowest BCUT2D eigenvalue weighted by Gasteiger charge is -2.45. The van der Waals surface area contributed by atoms with E-state index in [0.717, 1.165) is 18.5 Å². The van der Waals surface area contributed by atoms with Crippen molar-refractivity contribution in [2.75, 3.05) is 0 Å². The van der Waals surface area contributed by atoms with Crippen LogP contribution in [0, 0.1) is 17.8 Å². The van der Waals surface area contributed by atoms with Crippen LogP contribution >= 0.6 is 0 Å². The summed E-state index contributed by atoms with van der Waals surface area (Å²) in [5.74, 6) is 1.15. The molecule has 4 nitrogen and oxygen atoms in total. The molecule has 1 aromatic heterocycles. The highest BCUT2D eigenvalue weighted by atomic mass is 16.5. The van der Waals surface area contributed by atoms with Crippen molar-refractivity contribution in [1.82, 2.24) is 4.98 Å². The highest BCUT2D eigenvalue weighted by Gasteiger charge is 2.42. The summed E-state index contributed by atoms with van der Waals surface area (Å²) in [6, 6.07) is 5.55. The van der Waals surface area contributed by atoms with Crippen LogP contribution in [0.1, 0.15) is 65.0 Å². The molecule has 1 heterocycles. The van der Waals surface area contributed by atoms with Gasteiger partial charge >= 0.3 is 5.97 Å². The molecule has 0 unspecified atom stereocenters. The molecule has 1 fully saturated rings. The van der Waals surface area contributed by atoms with Gasteiger partial charge in [0.2, 0.25) is 0 Å². The molecule has 2 rings (SSSR count). The Morgan fingerprint density at radius 3 is 2.88 bits per heavy atom. The standard InChI is InChI=1S/C20H31NO3/c1-15(2)18-10-9-16(3)13-20(18,23)11-6-8-19(22)24-14-17-7-4-5-12-21-17/h4-5,7,12,15-16,18,23H,6,8-11,13-14H2,1-3H3/t16-,18+,20+/m1/s1. The maximum Gasteiger partial charge on any atom is 0.306 e. The van der Waals surface area contributed by atoms with E-state index in [1.54, 1.807) is 6.20 Å². The van der Waals surface area contributed by atoms with Crippen molar-refractivity contribution in [2.45, 2.75) is 71.5 Å². The number of aromatic nitrogens is 1. The van der Waals surface area contributed by atoms with Crippen LogP contribution in [-0.4, -0.2) is 21.7 Å². The van der Waals surface area contributed by atoms with Gasteiger partial charge in [0.25, 0.3) is 0 Å². The number of carbonyl (C=O) groups is 1. The van der Waals surface area contributed by atoms with Gasteiger partial charge in [-0.3, -0.25) is 9.78 Å². The van der Waals surface area contributed by atoms with Gasteiger partial charge in [-0.05, 0) is 55.6 Å². The van der Waals surface area contributed by atoms with Crippen LogP contribution in [0.2, 0.25) is 0 Å². The summed E-state index contributed by atoms with van der Waals surface area (Å²) < 4.78 is 5.26. The van der Waals surface area contributed by atoms with Crippen molar-refractivity contribution < 1.29 is 14.6 Å². The molecule has 1 aliphatic rings. The van der Waals surface area contributed by atoms with E-state index in [2.05, 4.69) is 25.8 Å². The fraction of sp³-hybridized carbons (Fsp3) is 0.700. The molecule has 24 heavy (non-hydrogen) atoms. The minimum Gasteiger partial charge on any atom is -0.459 e. The lowest BCUT2D eigenvalue weighted by Crippen LogP contribution is -2.45. The van der Waals surface area contributed by atoms with Crippen LogP contribution < -0.4 is 0 Å². The Morgan fingerprint density at radius 2 is 2.21 bits per heavy atom. The van der Waals surface area contributed by atoms with Crippen LogP contribution in [0.3, 0.4) is 0 Å². The van der Waals surface area contributed by atoms with E-state index in [9.17, 15) is 9.90 Å². The SMILES string of the molecule is CC(C)[C@@H]1CC[C@@H](C)C[C@@]1(O)CCCC(=O)OCc1ccccn1. The average Bonchev–Trinajstić information content (AvgIpc) is 2.53. The summed E-state index contributed by atoms with van der Waals surface area (Å²) in [5.41, 5.74) is 0.123. The zero-order valence-corrected chi connectivity index (χ0v) is 15.2. The summed E-state index contributed by atoms with van der Waals surface area (Å²) in [4.78, 5) is 16.0. The van der Waals surface area contributed by atoms with Crippen LogP contribution in [0.5, 0.6) is 0 Å². The van der Waals surface area contributed by atoms with Gasteiger partial charge in [-0.15, -0.1) is 0 Å². The van der Waals surface area contributed by atoms with E-state index in [1.165, 1.54) is 6.42 Å². The Morgan fingerprint density at radius 1 is 1.42 bits per heavy atom. The van der Waals surface area contributed by atoms with Gasteiger partial charge in [0.15, 0.2) is 0 Å². The molecule has 0 aliphatic heterocycles. The maximum absolute atomic E-state index is 11.9. The van der Waals surface area contributed by atoms with Gasteiger partial charge in [-0.25, -0.2) is 0 Å². The molecule has 0 amide bonds. The number of nitrogens with zero attached hydrogens (tertiary/aromatic N) is 1. The van der Waals surface area contributed by atoms with Gasteiger partial charge in [0.05, 0.1) is 11.3 Å². The Kier molecular flexibility index (Phi) is 6.79. The molecule has 3 atom stereocenters. The number of ether oxygens (including phenoxy) is 1. The molecule has 134 valence electrons. The number of hydrogen-bond acceptors (Lipinski definition) is 4. The minimum absolute atomic E-state index is 0.214. The fourth-order valence-corrected chi connectivity index (χ4v) is 4.08. The molecule has 0 radical (unpaired) electrons. The molecule has 0 aromatic carbocycles. The van der Waals surface area contributed by atoms with Crippen LogP contribution in [-0.2, 0) is 16.1 Å². The molecular formula is C20H31NO3. The van der Waals surface area contributed by atoms with Crippen molar-refractivity contribution >= 4 is 5.97 Å². The highest BCUT2D eigenvalue weighted by Crippen LogP contribution is 2.43. The first-order valence-electron chi connectivity index (χ1n) is 9.18. The monoisotopic (exact) mass is 333 g/mol. The normalized spacial score (nSPS) is 27.2. The second-order valence-electron chi connectivity index (χ2n) is 7.68. The summed E-state index contributed by atoms with van der Waals surface area (Å²) in [7, 11) is 0. The largest absolute Gasteiger partial charge is 0.459 e. The number of rotatable bonds is 7. The second kappa shape index (κ2) is 8.61. The van der Waals surface area contributed by atoms with Crippen molar-refractivity contribution in [2.24, 2.45) is 17.8 Å². The van der Waals surface area contributed by atoms with Crippen LogP contribution in [0.15, 0.2) is 24.4 Å². The summed E-state index contributed by atoms with van der Waals surface area (Å²) in [6.45, 7) is 6.80. The van der Waals surface area contributed by atoms with E-state index >= 15 is 0 Å². The number of aliphatic hydroxyl groups is 1. The van der Waals surface area contributed by atoms with Crippen LogP contribution in [0.4, 0.5) is 0 Å². The first kappa shape index (κ1) is 18.9. The third-order valence-electron chi connectivity index (χ3n) is 5.27. The number of hydrogen-bond donors (Lipinski definition) is 1. The summed E-state index contributed by atoms with van der Waals surface area (Å²) in [6.07, 6.45) is 6.52. The van der Waals surface area contributed by atoms with E-state index in [4.69, 9.17) is 4.74 Å². The summed E-state index contributed by atoms with van der Waals surface area (Å²) in [5, 5.41) is 11.1. The van der Waals surface area contributed by atoms with E-state index in [0.29, 0.717) is 37.0 Å². The van der Waals surface area contributed by atoms with Crippen molar-refractivity contribution in [3.05, 3.63) is 30.1 Å². The number of pyridine rings is 1. The quantitative estimate of drug-likeness (QED) is 0.763. The molecule has 0 spiro atoms. The lowest BCUT2D eigenvalue weighted by molar-refractivity contribution is -0.145. The number of carbonyl (C=O) groups excluding carboxylic acids is 1. The first-order valence-corrected chi connectivity index (χ1v) is 9.18. The zero-order chi connectivity index (χ0) is 17.6. The van der Waals surface area contributed by atoms with Crippen molar-refractivity contribution in [3.8, 4) is 0 Å². The average molecular weight is 333 g/mol. The minimum atomic E-state index is -0.632. The van der Waals surface area contributed by atoms with Gasteiger partial charge in [-0.2, -0.15) is 0 Å². The topological polar surface area (TPSA) is 59.4 Å². The van der Waals surface area contributed by atoms with Gasteiger partial charge in [0, 0.05) is 12.6 Å². The smallest absolute Gasteiger partial charge is 0.306 e. The molecule has 1 saturated carbocycles. The third kappa shape index (κ3) is 5.30. The van der Waals surface area contributed by atoms with E-state index in [-0.39, 0.29) is 12.6 Å². The van der Waals surface area contributed by atoms with E-state index < -0.39 is 5.60 Å². The Hall–Kier alpha value is -1.42. The van der Waals surface area contributed by atoms with E-state index in [1.807, 2.05) is 18.2 Å². The van der Waals surface area contributed by atoms with Gasteiger partial charge in [-0.1, -0.05) is 33.3 Å². The third-order valence-corrected chi connectivity index (χ3v) is 5.27. The van der Waals surface area contributed by atoms with Crippen LogP contribution in [0.25, 0.3) is 0 Å². The van der Waals surface area contributed by atoms with Crippen molar-refractivity contribution in [1.29, 1.82) is 0 Å². The summed E-state index contributed by atoms with van der Waals surface area (Å²) >= 11 is 0. The molecular weight excluding hydrogens is 302 g/mol. The fourth-order valence-electron chi connectivity index (χ4n) is 4.08. The molecule has 1 aliphatic carbocycles. The maximum atomic E-state index is 11.9.